The van der Waals surface area contributed by atoms with Crippen molar-refractivity contribution in [2.24, 2.45) is 13.0 Å². The molecule has 0 bridgehead atoms. The van der Waals surface area contributed by atoms with Crippen molar-refractivity contribution < 1.29 is 24.2 Å². The number of hydrogen-bond acceptors (Lipinski definition) is 7. The molecule has 2 aromatic carbocycles. The van der Waals surface area contributed by atoms with Crippen LogP contribution in [-0.2, 0) is 32.7 Å². The van der Waals surface area contributed by atoms with Gasteiger partial charge in [0.15, 0.2) is 11.4 Å². The third kappa shape index (κ3) is 8.90. The number of hydrogen-bond donors (Lipinski definition) is 3. The average molecular weight is 581 g/mol. The van der Waals surface area contributed by atoms with Crippen LogP contribution in [0.5, 0.6) is 0 Å². The number of aliphatic hydroxyl groups is 1. The van der Waals surface area contributed by atoms with Crippen LogP contribution in [0, 0.1) is 5.92 Å². The van der Waals surface area contributed by atoms with E-state index in [1.807, 2.05) is 66.3 Å². The van der Waals surface area contributed by atoms with E-state index >= 15 is 0 Å². The van der Waals surface area contributed by atoms with Crippen molar-refractivity contribution in [2.75, 3.05) is 17.6 Å². The number of amides is 2. The quantitative estimate of drug-likeness (QED) is 0.190. The van der Waals surface area contributed by atoms with E-state index in [-0.39, 0.29) is 36.5 Å². The fraction of sp³-hybridized carbons (Fsp3) is 0.452. The van der Waals surface area contributed by atoms with E-state index in [4.69, 9.17) is 9.47 Å². The number of carbonyl (C=O) groups excluding carboxylic acids is 2. The number of aryl methyl sites for hydroxylation is 1. The molecule has 0 radical (unpaired) electrons. The highest BCUT2D eigenvalue weighted by Crippen LogP contribution is 2.43. The molecule has 4 rings (SSSR count). The lowest BCUT2D eigenvalue weighted by atomic mass is 9.91. The Hall–Kier alpha value is -3.18. The largest absolute Gasteiger partial charge is 0.392 e. The van der Waals surface area contributed by atoms with E-state index in [0.29, 0.717) is 13.0 Å². The van der Waals surface area contributed by atoms with Crippen molar-refractivity contribution in [3.63, 3.8) is 0 Å². The van der Waals surface area contributed by atoms with Gasteiger partial charge in [-0.3, -0.25) is 9.59 Å². The Balaban J connectivity index is 1.39. The van der Waals surface area contributed by atoms with Crippen molar-refractivity contribution in [2.45, 2.75) is 69.8 Å². The topological polar surface area (TPSA) is 115 Å². The Bertz CT molecular complexity index is 1260. The zero-order chi connectivity index (χ0) is 29.2. The second-order valence-corrected chi connectivity index (χ2v) is 11.4. The number of aliphatic hydroxyl groups excluding tert-OH is 1. The van der Waals surface area contributed by atoms with E-state index in [0.717, 1.165) is 52.5 Å². The lowest BCUT2D eigenvalue weighted by Gasteiger charge is -2.41. The summed E-state index contributed by atoms with van der Waals surface area (Å²) < 4.78 is 15.0. The molecule has 9 nitrogen and oxygen atoms in total. The number of thioether (sulfide) groups is 1. The molecule has 3 N–H and O–H groups in total. The SMILES string of the molecule is CC(=O)NCCCCCC(=O)Nc1ccc([C@@H]2O[C@H](CSc3nccn3C)[C@H](C)[C@H](c3ccc(CO)cc3)O2)cc1. The van der Waals surface area contributed by atoms with Crippen LogP contribution < -0.4 is 10.6 Å². The van der Waals surface area contributed by atoms with Gasteiger partial charge < -0.3 is 29.8 Å². The molecule has 1 aliphatic rings. The minimum Gasteiger partial charge on any atom is -0.392 e. The van der Waals surface area contributed by atoms with Crippen LogP contribution in [0.2, 0.25) is 0 Å². The maximum atomic E-state index is 12.4. The third-order valence-corrected chi connectivity index (χ3v) is 8.35. The van der Waals surface area contributed by atoms with Crippen molar-refractivity contribution in [3.8, 4) is 0 Å². The van der Waals surface area contributed by atoms with Crippen LogP contribution in [0.25, 0.3) is 0 Å². The highest BCUT2D eigenvalue weighted by Gasteiger charge is 2.38. The molecular formula is C31H40N4O5S. The number of carbonyl (C=O) groups is 2. The first-order chi connectivity index (χ1) is 19.8. The highest BCUT2D eigenvalue weighted by molar-refractivity contribution is 7.99. The van der Waals surface area contributed by atoms with E-state index in [2.05, 4.69) is 22.5 Å². The van der Waals surface area contributed by atoms with Gasteiger partial charge in [0.25, 0.3) is 0 Å². The van der Waals surface area contributed by atoms with Crippen LogP contribution in [0.1, 0.15) is 68.6 Å². The van der Waals surface area contributed by atoms with Gasteiger partial charge in [-0.15, -0.1) is 0 Å². The molecule has 0 unspecified atom stereocenters. The molecule has 41 heavy (non-hydrogen) atoms. The Morgan fingerprint density at radius 1 is 1.02 bits per heavy atom. The second kappa shape index (κ2) is 15.2. The zero-order valence-electron chi connectivity index (χ0n) is 23.9. The number of benzene rings is 2. The van der Waals surface area contributed by atoms with Gasteiger partial charge in [-0.25, -0.2) is 4.98 Å². The lowest BCUT2D eigenvalue weighted by Crippen LogP contribution is -2.38. The van der Waals surface area contributed by atoms with E-state index in [1.54, 1.807) is 18.0 Å². The summed E-state index contributed by atoms with van der Waals surface area (Å²) in [6, 6.07) is 15.5. The molecular weight excluding hydrogens is 540 g/mol. The van der Waals surface area contributed by atoms with Crippen molar-refractivity contribution in [3.05, 3.63) is 77.6 Å². The smallest absolute Gasteiger partial charge is 0.224 e. The monoisotopic (exact) mass is 580 g/mol. The molecule has 2 heterocycles. The zero-order valence-corrected chi connectivity index (χ0v) is 24.7. The molecule has 3 aromatic rings. The summed E-state index contributed by atoms with van der Waals surface area (Å²) in [6.45, 7) is 4.28. The number of ether oxygens (including phenoxy) is 2. The van der Waals surface area contributed by atoms with Gasteiger partial charge >= 0.3 is 0 Å². The molecule has 0 spiro atoms. The van der Waals surface area contributed by atoms with Gasteiger partial charge in [0, 0.05) is 62.3 Å². The molecule has 4 atom stereocenters. The van der Waals surface area contributed by atoms with Crippen molar-refractivity contribution >= 4 is 29.3 Å². The fourth-order valence-corrected chi connectivity index (χ4v) is 5.85. The number of rotatable bonds is 13. The van der Waals surface area contributed by atoms with Gasteiger partial charge in [-0.1, -0.05) is 61.5 Å². The molecule has 2 amide bonds. The number of anilines is 1. The summed E-state index contributed by atoms with van der Waals surface area (Å²) in [7, 11) is 1.98. The number of unbranched alkanes of at least 4 members (excludes halogenated alkanes) is 2. The van der Waals surface area contributed by atoms with E-state index in [1.165, 1.54) is 6.92 Å². The molecule has 1 aliphatic heterocycles. The Labute approximate surface area is 246 Å². The van der Waals surface area contributed by atoms with Crippen molar-refractivity contribution in [1.82, 2.24) is 14.9 Å². The summed E-state index contributed by atoms with van der Waals surface area (Å²) in [4.78, 5) is 27.8. The number of aromatic nitrogens is 2. The number of nitrogens with one attached hydrogen (secondary N) is 2. The summed E-state index contributed by atoms with van der Waals surface area (Å²) in [6.07, 6.45) is 5.79. The Morgan fingerprint density at radius 3 is 2.41 bits per heavy atom. The summed E-state index contributed by atoms with van der Waals surface area (Å²) in [5, 5.41) is 16.1. The van der Waals surface area contributed by atoms with E-state index in [9.17, 15) is 14.7 Å². The number of nitrogens with zero attached hydrogens (tertiary/aromatic N) is 2. The standard InChI is InChI=1S/C31H40N4O5S/c1-21-27(20-41-31-33-17-18-35(31)3)39-30(40-29(21)24-10-8-23(19-36)9-11-24)25-12-14-26(15-13-25)34-28(38)7-5-4-6-16-32-22(2)37/h8-15,17-18,21,27,29-30,36H,4-7,16,19-20H2,1-3H3,(H,32,37)(H,34,38)/t21-,27+,29+,30+/m0/s1. The van der Waals surface area contributed by atoms with Crippen LogP contribution in [0.4, 0.5) is 5.69 Å². The molecule has 0 aliphatic carbocycles. The molecule has 220 valence electrons. The Morgan fingerprint density at radius 2 is 1.76 bits per heavy atom. The average Bonchev–Trinajstić information content (AvgIpc) is 3.39. The minimum atomic E-state index is -0.575. The highest BCUT2D eigenvalue weighted by atomic mass is 32.2. The Kier molecular flexibility index (Phi) is 11.4. The first-order valence-electron chi connectivity index (χ1n) is 14.1. The first-order valence-corrected chi connectivity index (χ1v) is 15.1. The van der Waals surface area contributed by atoms with Crippen molar-refractivity contribution in [1.29, 1.82) is 0 Å². The van der Waals surface area contributed by atoms with Gasteiger partial charge in [0.05, 0.1) is 18.8 Å². The normalized spacial score (nSPS) is 20.5. The summed E-state index contributed by atoms with van der Waals surface area (Å²) in [5.41, 5.74) is 3.49. The summed E-state index contributed by atoms with van der Waals surface area (Å²) in [5.74, 6) is 0.733. The molecule has 1 fully saturated rings. The lowest BCUT2D eigenvalue weighted by molar-refractivity contribution is -0.268. The number of imidazole rings is 1. The summed E-state index contributed by atoms with van der Waals surface area (Å²) >= 11 is 1.66. The third-order valence-electron chi connectivity index (χ3n) is 7.20. The maximum absolute atomic E-state index is 12.4. The van der Waals surface area contributed by atoms with E-state index < -0.39 is 6.29 Å². The van der Waals surface area contributed by atoms with Gasteiger partial charge in [-0.05, 0) is 36.1 Å². The maximum Gasteiger partial charge on any atom is 0.224 e. The van der Waals surface area contributed by atoms with Crippen LogP contribution in [-0.4, -0.2) is 44.9 Å². The predicted octanol–water partition coefficient (Wildman–Crippen LogP) is 5.13. The molecule has 1 aromatic heterocycles. The molecule has 1 saturated heterocycles. The fourth-order valence-electron chi connectivity index (χ4n) is 4.76. The predicted molar refractivity (Wildman–Crippen MR) is 159 cm³/mol. The van der Waals surface area contributed by atoms with Crippen LogP contribution >= 0.6 is 11.8 Å². The van der Waals surface area contributed by atoms with Gasteiger partial charge in [-0.2, -0.15) is 0 Å². The minimum absolute atomic E-state index is 0.00247. The van der Waals surface area contributed by atoms with Crippen LogP contribution in [0.3, 0.4) is 0 Å². The molecule has 0 saturated carbocycles. The van der Waals surface area contributed by atoms with Gasteiger partial charge in [0.2, 0.25) is 11.8 Å². The van der Waals surface area contributed by atoms with Gasteiger partial charge in [0.1, 0.15) is 0 Å². The second-order valence-electron chi connectivity index (χ2n) is 10.4. The first kappa shape index (κ1) is 30.8. The molecule has 10 heteroatoms. The van der Waals surface area contributed by atoms with Crippen LogP contribution in [0.15, 0.2) is 66.1 Å².